The predicted molar refractivity (Wildman–Crippen MR) is 116 cm³/mol. The number of aliphatic hydroxyl groups is 1. The van der Waals surface area contributed by atoms with Crippen molar-refractivity contribution < 1.29 is 9.90 Å². The van der Waals surface area contributed by atoms with Crippen LogP contribution in [-0.4, -0.2) is 52.2 Å². The Bertz CT molecular complexity index is 781. The third kappa shape index (κ3) is 5.78. The van der Waals surface area contributed by atoms with Gasteiger partial charge in [-0.3, -0.25) is 9.69 Å². The van der Waals surface area contributed by atoms with Gasteiger partial charge in [0.1, 0.15) is 4.88 Å². The first-order valence-electron chi connectivity index (χ1n) is 10.6. The molecule has 7 heteroatoms. The van der Waals surface area contributed by atoms with Crippen molar-refractivity contribution in [1.29, 1.82) is 0 Å². The number of nitrogens with one attached hydrogen (secondary N) is 2. The van der Waals surface area contributed by atoms with E-state index in [1.165, 1.54) is 16.9 Å². The van der Waals surface area contributed by atoms with E-state index < -0.39 is 0 Å². The van der Waals surface area contributed by atoms with Crippen LogP contribution in [0.2, 0.25) is 0 Å². The number of carbonyl (C=O) groups excluding carboxylic acids is 1. The highest BCUT2D eigenvalue weighted by atomic mass is 32.1. The SMILES string of the molecule is O=C(NC1CCN(Cc2ccccc2)CC1)c1cnc(NC2CCC(O)CC2)s1. The molecule has 1 amide bonds. The van der Waals surface area contributed by atoms with Crippen LogP contribution in [-0.2, 0) is 6.54 Å². The summed E-state index contributed by atoms with van der Waals surface area (Å²) in [6.07, 6.45) is 7.03. The van der Waals surface area contributed by atoms with Crippen LogP contribution >= 0.6 is 11.3 Å². The quantitative estimate of drug-likeness (QED) is 0.676. The summed E-state index contributed by atoms with van der Waals surface area (Å²) in [5.74, 6) is -0.0175. The molecule has 0 atom stereocenters. The first-order chi connectivity index (χ1) is 14.2. The Kier molecular flexibility index (Phi) is 6.79. The van der Waals surface area contributed by atoms with Crippen molar-refractivity contribution in [2.45, 2.75) is 63.3 Å². The lowest BCUT2D eigenvalue weighted by Gasteiger charge is -2.32. The summed E-state index contributed by atoms with van der Waals surface area (Å²) in [5.41, 5.74) is 1.34. The number of hydrogen-bond donors (Lipinski definition) is 3. The highest BCUT2D eigenvalue weighted by Crippen LogP contribution is 2.25. The third-order valence-corrected chi connectivity index (χ3v) is 6.85. The molecule has 1 aromatic heterocycles. The number of benzene rings is 1. The second-order valence-corrected chi connectivity index (χ2v) is 9.22. The fraction of sp³-hybridized carbons (Fsp3) is 0.545. The van der Waals surface area contributed by atoms with Gasteiger partial charge in [-0.1, -0.05) is 41.7 Å². The highest BCUT2D eigenvalue weighted by molar-refractivity contribution is 7.17. The molecule has 3 N–H and O–H groups in total. The van der Waals surface area contributed by atoms with Crippen LogP contribution in [0.4, 0.5) is 5.13 Å². The Morgan fingerprint density at radius 1 is 1.07 bits per heavy atom. The van der Waals surface area contributed by atoms with E-state index in [9.17, 15) is 9.90 Å². The molecule has 1 aromatic carbocycles. The lowest BCUT2D eigenvalue weighted by Crippen LogP contribution is -2.44. The standard InChI is InChI=1S/C22H30N4O2S/c27-19-8-6-17(7-9-19)25-22-23-14-20(29-22)21(28)24-18-10-12-26(13-11-18)15-16-4-2-1-3-5-16/h1-5,14,17-19,27H,6-13,15H2,(H,23,25)(H,24,28). The molecule has 1 aliphatic heterocycles. The molecule has 6 nitrogen and oxygen atoms in total. The molecule has 0 spiro atoms. The van der Waals surface area contributed by atoms with Gasteiger partial charge in [-0.25, -0.2) is 4.98 Å². The summed E-state index contributed by atoms with van der Waals surface area (Å²) < 4.78 is 0. The van der Waals surface area contributed by atoms with Crippen molar-refractivity contribution in [3.63, 3.8) is 0 Å². The van der Waals surface area contributed by atoms with Gasteiger partial charge in [0.15, 0.2) is 5.13 Å². The summed E-state index contributed by atoms with van der Waals surface area (Å²) in [5, 5.41) is 17.0. The van der Waals surface area contributed by atoms with Gasteiger partial charge >= 0.3 is 0 Å². The zero-order chi connectivity index (χ0) is 20.1. The van der Waals surface area contributed by atoms with E-state index in [1.807, 2.05) is 6.07 Å². The normalized spacial score (nSPS) is 23.6. The van der Waals surface area contributed by atoms with E-state index in [4.69, 9.17) is 0 Å². The topological polar surface area (TPSA) is 77.5 Å². The molecule has 29 heavy (non-hydrogen) atoms. The molecule has 2 aliphatic rings. The number of nitrogens with zero attached hydrogens (tertiary/aromatic N) is 2. The monoisotopic (exact) mass is 414 g/mol. The molecule has 1 aliphatic carbocycles. The number of thiazole rings is 1. The van der Waals surface area contributed by atoms with Gasteiger partial charge in [0, 0.05) is 31.7 Å². The lowest BCUT2D eigenvalue weighted by atomic mass is 9.93. The Morgan fingerprint density at radius 2 is 1.79 bits per heavy atom. The van der Waals surface area contributed by atoms with Crippen LogP contribution in [0.25, 0.3) is 0 Å². The van der Waals surface area contributed by atoms with E-state index in [2.05, 4.69) is 44.8 Å². The predicted octanol–water partition coefficient (Wildman–Crippen LogP) is 3.25. The third-order valence-electron chi connectivity index (χ3n) is 5.93. The summed E-state index contributed by atoms with van der Waals surface area (Å²) in [6, 6.07) is 11.1. The van der Waals surface area contributed by atoms with E-state index in [-0.39, 0.29) is 18.1 Å². The van der Waals surface area contributed by atoms with Crippen LogP contribution in [0.15, 0.2) is 36.5 Å². The molecule has 156 valence electrons. The van der Waals surface area contributed by atoms with Crippen LogP contribution in [0.1, 0.15) is 53.8 Å². The molecular weight excluding hydrogens is 384 g/mol. The Hall–Kier alpha value is -1.96. The Balaban J connectivity index is 1.21. The van der Waals surface area contributed by atoms with Gasteiger partial charge in [0.2, 0.25) is 0 Å². The van der Waals surface area contributed by atoms with Crippen molar-refractivity contribution in [1.82, 2.24) is 15.2 Å². The zero-order valence-electron chi connectivity index (χ0n) is 16.7. The molecule has 1 saturated carbocycles. The molecule has 2 heterocycles. The van der Waals surface area contributed by atoms with Crippen molar-refractivity contribution in [3.05, 3.63) is 47.0 Å². The molecule has 0 bridgehead atoms. The molecule has 2 fully saturated rings. The minimum atomic E-state index is -0.162. The average Bonchev–Trinajstić information content (AvgIpc) is 3.21. The van der Waals surface area contributed by atoms with E-state index in [0.717, 1.165) is 63.3 Å². The van der Waals surface area contributed by atoms with Gasteiger partial charge in [0.25, 0.3) is 5.91 Å². The highest BCUT2D eigenvalue weighted by Gasteiger charge is 2.23. The molecule has 2 aromatic rings. The van der Waals surface area contributed by atoms with Crippen molar-refractivity contribution in [3.8, 4) is 0 Å². The van der Waals surface area contributed by atoms with Gasteiger partial charge < -0.3 is 15.7 Å². The molecular formula is C22H30N4O2S. The number of piperidine rings is 1. The van der Waals surface area contributed by atoms with Crippen LogP contribution in [0, 0.1) is 0 Å². The summed E-state index contributed by atoms with van der Waals surface area (Å²) in [4.78, 5) is 20.1. The number of amides is 1. The van der Waals surface area contributed by atoms with Crippen molar-refractivity contribution in [2.75, 3.05) is 18.4 Å². The number of rotatable bonds is 6. The maximum Gasteiger partial charge on any atom is 0.263 e. The maximum atomic E-state index is 12.6. The lowest BCUT2D eigenvalue weighted by molar-refractivity contribution is 0.0913. The minimum absolute atomic E-state index is 0.0175. The van der Waals surface area contributed by atoms with Crippen molar-refractivity contribution in [2.24, 2.45) is 0 Å². The fourth-order valence-corrected chi connectivity index (χ4v) is 4.97. The zero-order valence-corrected chi connectivity index (χ0v) is 17.5. The molecule has 0 radical (unpaired) electrons. The second kappa shape index (κ2) is 9.69. The van der Waals surface area contributed by atoms with Gasteiger partial charge in [-0.2, -0.15) is 0 Å². The number of aliphatic hydroxyl groups excluding tert-OH is 1. The molecule has 4 rings (SSSR count). The largest absolute Gasteiger partial charge is 0.393 e. The first-order valence-corrected chi connectivity index (χ1v) is 11.4. The Labute approximate surface area is 176 Å². The number of carbonyl (C=O) groups is 1. The van der Waals surface area contributed by atoms with E-state index >= 15 is 0 Å². The molecule has 1 saturated heterocycles. The smallest absolute Gasteiger partial charge is 0.263 e. The summed E-state index contributed by atoms with van der Waals surface area (Å²) in [6.45, 7) is 2.98. The maximum absolute atomic E-state index is 12.6. The van der Waals surface area contributed by atoms with Gasteiger partial charge in [0.05, 0.1) is 12.3 Å². The van der Waals surface area contributed by atoms with E-state index in [0.29, 0.717) is 10.9 Å². The second-order valence-electron chi connectivity index (χ2n) is 8.19. The number of likely N-dealkylation sites (tertiary alicyclic amines) is 1. The average molecular weight is 415 g/mol. The first kappa shape index (κ1) is 20.3. The van der Waals surface area contributed by atoms with Crippen molar-refractivity contribution >= 4 is 22.4 Å². The van der Waals surface area contributed by atoms with Crippen LogP contribution in [0.5, 0.6) is 0 Å². The fourth-order valence-electron chi connectivity index (χ4n) is 4.17. The van der Waals surface area contributed by atoms with Crippen LogP contribution in [0.3, 0.4) is 0 Å². The number of hydrogen-bond acceptors (Lipinski definition) is 6. The minimum Gasteiger partial charge on any atom is -0.393 e. The van der Waals surface area contributed by atoms with E-state index in [1.54, 1.807) is 6.20 Å². The van der Waals surface area contributed by atoms with Gasteiger partial charge in [-0.15, -0.1) is 0 Å². The summed E-state index contributed by atoms with van der Waals surface area (Å²) in [7, 11) is 0. The number of aromatic nitrogens is 1. The number of anilines is 1. The molecule has 0 unspecified atom stereocenters. The Morgan fingerprint density at radius 3 is 2.52 bits per heavy atom. The summed E-state index contributed by atoms with van der Waals surface area (Å²) >= 11 is 1.42. The van der Waals surface area contributed by atoms with Gasteiger partial charge in [-0.05, 0) is 44.1 Å². The van der Waals surface area contributed by atoms with Crippen LogP contribution < -0.4 is 10.6 Å².